The number of aryl methyl sites for hydroxylation is 1. The number of hydrogen-bond donors (Lipinski definition) is 1. The summed E-state index contributed by atoms with van der Waals surface area (Å²) in [5.74, 6) is 5.72. The van der Waals surface area contributed by atoms with Gasteiger partial charge >= 0.3 is 0 Å². The second-order valence-corrected chi connectivity index (χ2v) is 6.82. The molecule has 0 saturated heterocycles. The minimum atomic E-state index is -0.545. The third kappa shape index (κ3) is 4.06. The highest BCUT2D eigenvalue weighted by Crippen LogP contribution is 2.35. The smallest absolute Gasteiger partial charge is 0.260 e. The van der Waals surface area contributed by atoms with Crippen molar-refractivity contribution in [3.8, 4) is 11.8 Å². The molecule has 2 atom stereocenters. The SMILES string of the molecule is CC#CC(C)(C)NC(=O)C(OC1CCc2ccccc21)SC. The Hall–Kier alpha value is -1.44. The molecular formula is C18H23NO2S. The second-order valence-electron chi connectivity index (χ2n) is 5.92. The van der Waals surface area contributed by atoms with E-state index < -0.39 is 11.0 Å². The molecule has 1 aromatic carbocycles. The normalized spacial score (nSPS) is 18.1. The van der Waals surface area contributed by atoms with Gasteiger partial charge in [-0.25, -0.2) is 0 Å². The highest BCUT2D eigenvalue weighted by atomic mass is 32.2. The molecular weight excluding hydrogens is 294 g/mol. The van der Waals surface area contributed by atoms with Gasteiger partial charge in [0.05, 0.1) is 11.6 Å². The maximum Gasteiger partial charge on any atom is 0.260 e. The average Bonchev–Trinajstić information content (AvgIpc) is 2.87. The van der Waals surface area contributed by atoms with Crippen molar-refractivity contribution in [2.24, 2.45) is 0 Å². The number of hydrogen-bond acceptors (Lipinski definition) is 3. The third-order valence-corrected chi connectivity index (χ3v) is 4.42. The molecule has 0 fully saturated rings. The van der Waals surface area contributed by atoms with Gasteiger partial charge in [0.25, 0.3) is 5.91 Å². The summed E-state index contributed by atoms with van der Waals surface area (Å²) in [6, 6.07) is 8.29. The lowest BCUT2D eigenvalue weighted by molar-refractivity contribution is -0.131. The zero-order valence-corrected chi connectivity index (χ0v) is 14.4. The summed E-state index contributed by atoms with van der Waals surface area (Å²) in [6.45, 7) is 5.55. The van der Waals surface area contributed by atoms with Crippen molar-refractivity contribution in [2.45, 2.75) is 50.7 Å². The molecule has 1 N–H and O–H groups in total. The van der Waals surface area contributed by atoms with Crippen LogP contribution in [-0.2, 0) is 16.0 Å². The van der Waals surface area contributed by atoms with E-state index in [1.807, 2.05) is 32.2 Å². The molecule has 22 heavy (non-hydrogen) atoms. The first-order valence-corrected chi connectivity index (χ1v) is 8.77. The summed E-state index contributed by atoms with van der Waals surface area (Å²) >= 11 is 1.42. The first kappa shape index (κ1) is 16.9. The molecule has 0 spiro atoms. The van der Waals surface area contributed by atoms with Gasteiger partial charge in [-0.3, -0.25) is 4.79 Å². The molecule has 0 radical (unpaired) electrons. The molecule has 118 valence electrons. The summed E-state index contributed by atoms with van der Waals surface area (Å²) in [5.41, 5.74) is 1.47. The zero-order chi connectivity index (χ0) is 16.2. The van der Waals surface area contributed by atoms with Crippen molar-refractivity contribution in [1.82, 2.24) is 5.32 Å². The van der Waals surface area contributed by atoms with Crippen LogP contribution in [0.5, 0.6) is 0 Å². The van der Waals surface area contributed by atoms with Gasteiger partial charge in [0.15, 0.2) is 5.44 Å². The number of carbonyl (C=O) groups excluding carboxylic acids is 1. The Balaban J connectivity index is 2.04. The number of thioether (sulfide) groups is 1. The Morgan fingerprint density at radius 1 is 1.45 bits per heavy atom. The molecule has 1 amide bonds. The van der Waals surface area contributed by atoms with E-state index >= 15 is 0 Å². The third-order valence-electron chi connectivity index (χ3n) is 3.67. The van der Waals surface area contributed by atoms with E-state index in [1.165, 1.54) is 22.9 Å². The van der Waals surface area contributed by atoms with E-state index in [-0.39, 0.29) is 12.0 Å². The van der Waals surface area contributed by atoms with Crippen LogP contribution in [0.25, 0.3) is 0 Å². The van der Waals surface area contributed by atoms with E-state index in [1.54, 1.807) is 6.92 Å². The Labute approximate surface area is 137 Å². The number of fused-ring (bicyclic) bond motifs is 1. The van der Waals surface area contributed by atoms with Gasteiger partial charge in [-0.15, -0.1) is 17.7 Å². The van der Waals surface area contributed by atoms with Crippen molar-refractivity contribution in [3.05, 3.63) is 35.4 Å². The van der Waals surface area contributed by atoms with Crippen LogP contribution in [0.15, 0.2) is 24.3 Å². The monoisotopic (exact) mass is 317 g/mol. The van der Waals surface area contributed by atoms with Crippen LogP contribution in [0.2, 0.25) is 0 Å². The van der Waals surface area contributed by atoms with Crippen LogP contribution >= 0.6 is 11.8 Å². The lowest BCUT2D eigenvalue weighted by atomic mass is 10.1. The highest BCUT2D eigenvalue weighted by molar-refractivity contribution is 7.99. The van der Waals surface area contributed by atoms with Crippen LogP contribution in [0.3, 0.4) is 0 Å². The Morgan fingerprint density at radius 3 is 2.86 bits per heavy atom. The largest absolute Gasteiger partial charge is 0.350 e. The molecule has 3 nitrogen and oxygen atoms in total. The van der Waals surface area contributed by atoms with Crippen molar-refractivity contribution < 1.29 is 9.53 Å². The fraction of sp³-hybridized carbons (Fsp3) is 0.500. The van der Waals surface area contributed by atoms with Crippen molar-refractivity contribution >= 4 is 17.7 Å². The molecule has 2 unspecified atom stereocenters. The molecule has 1 aliphatic carbocycles. The van der Waals surface area contributed by atoms with Crippen molar-refractivity contribution in [2.75, 3.05) is 6.26 Å². The predicted octanol–water partition coefficient (Wildman–Crippen LogP) is 3.30. The summed E-state index contributed by atoms with van der Waals surface area (Å²) in [7, 11) is 0. The topological polar surface area (TPSA) is 38.3 Å². The Bertz CT molecular complexity index is 601. The standard InChI is InChI=1S/C18H23NO2S/c1-5-12-18(2,3)19-16(20)17(22-4)21-15-11-10-13-8-6-7-9-14(13)15/h6-9,15,17H,10-11H2,1-4H3,(H,19,20). The number of amides is 1. The summed E-state index contributed by atoms with van der Waals surface area (Å²) in [4.78, 5) is 12.4. The number of nitrogens with one attached hydrogen (secondary N) is 1. The lowest BCUT2D eigenvalue weighted by Gasteiger charge is -2.25. The van der Waals surface area contributed by atoms with E-state index in [2.05, 4.69) is 29.3 Å². The van der Waals surface area contributed by atoms with Crippen molar-refractivity contribution in [3.63, 3.8) is 0 Å². The second kappa shape index (κ2) is 7.21. The van der Waals surface area contributed by atoms with Crippen molar-refractivity contribution in [1.29, 1.82) is 0 Å². The molecule has 1 aromatic rings. The number of carbonyl (C=O) groups is 1. The van der Waals surface area contributed by atoms with Gasteiger partial charge < -0.3 is 10.1 Å². The zero-order valence-electron chi connectivity index (χ0n) is 13.6. The van der Waals surface area contributed by atoms with Gasteiger partial charge in [-0.2, -0.15) is 0 Å². The maximum absolute atomic E-state index is 12.4. The number of rotatable bonds is 5. The average molecular weight is 317 g/mol. The van der Waals surface area contributed by atoms with Crippen LogP contribution in [0.4, 0.5) is 0 Å². The van der Waals surface area contributed by atoms with E-state index in [0.29, 0.717) is 0 Å². The van der Waals surface area contributed by atoms with Crippen LogP contribution in [0.1, 0.15) is 44.4 Å². The molecule has 1 aliphatic rings. The maximum atomic E-state index is 12.4. The molecule has 0 aliphatic heterocycles. The van der Waals surface area contributed by atoms with Crippen LogP contribution < -0.4 is 5.32 Å². The highest BCUT2D eigenvalue weighted by Gasteiger charge is 2.30. The number of benzene rings is 1. The number of ether oxygens (including phenoxy) is 1. The fourth-order valence-electron chi connectivity index (χ4n) is 2.74. The predicted molar refractivity (Wildman–Crippen MR) is 91.6 cm³/mol. The van der Waals surface area contributed by atoms with E-state index in [4.69, 9.17) is 4.74 Å². The summed E-state index contributed by atoms with van der Waals surface area (Å²) in [6.07, 6.45) is 3.83. The van der Waals surface area contributed by atoms with Gasteiger partial charge in [-0.1, -0.05) is 30.2 Å². The quantitative estimate of drug-likeness (QED) is 0.669. The van der Waals surface area contributed by atoms with Gasteiger partial charge in [0.1, 0.15) is 0 Å². The van der Waals surface area contributed by atoms with Gasteiger partial charge in [0, 0.05) is 0 Å². The minimum absolute atomic E-state index is 0.000212. The van der Waals surface area contributed by atoms with E-state index in [9.17, 15) is 4.79 Å². The first-order valence-electron chi connectivity index (χ1n) is 7.49. The van der Waals surface area contributed by atoms with Gasteiger partial charge in [-0.05, 0) is 51.0 Å². The molecule has 0 heterocycles. The first-order chi connectivity index (χ1) is 10.5. The van der Waals surface area contributed by atoms with Crippen LogP contribution in [-0.4, -0.2) is 23.1 Å². The molecule has 0 saturated carbocycles. The summed E-state index contributed by atoms with van der Waals surface area (Å²) < 4.78 is 6.08. The van der Waals surface area contributed by atoms with Crippen LogP contribution in [0, 0.1) is 11.8 Å². The van der Waals surface area contributed by atoms with Gasteiger partial charge in [0.2, 0.25) is 0 Å². The Morgan fingerprint density at radius 2 is 2.18 bits per heavy atom. The van der Waals surface area contributed by atoms with E-state index in [0.717, 1.165) is 12.8 Å². The molecule has 4 heteroatoms. The molecule has 2 rings (SSSR count). The minimum Gasteiger partial charge on any atom is -0.350 e. The molecule has 0 aromatic heterocycles. The lowest BCUT2D eigenvalue weighted by Crippen LogP contribution is -2.47. The summed E-state index contributed by atoms with van der Waals surface area (Å²) in [5, 5.41) is 2.95. The fourth-order valence-corrected chi connectivity index (χ4v) is 3.26. The molecule has 0 bridgehead atoms. The Kier molecular flexibility index (Phi) is 5.55.